The van der Waals surface area contributed by atoms with Crippen molar-refractivity contribution in [3.8, 4) is 23.3 Å². The number of carboxylic acid groups (broad SMARTS) is 1. The maximum Gasteiger partial charge on any atom is 0.335 e. The van der Waals surface area contributed by atoms with Crippen LogP contribution in [-0.4, -0.2) is 35.3 Å². The Morgan fingerprint density at radius 1 is 1.00 bits per heavy atom. The first kappa shape index (κ1) is 25.1. The Morgan fingerprint density at radius 3 is 2.43 bits per heavy atom. The zero-order valence-corrected chi connectivity index (χ0v) is 19.8. The van der Waals surface area contributed by atoms with E-state index in [1.807, 2.05) is 30.3 Å². The van der Waals surface area contributed by atoms with Crippen molar-refractivity contribution in [3.63, 3.8) is 0 Å². The van der Waals surface area contributed by atoms with Crippen molar-refractivity contribution in [1.82, 2.24) is 9.97 Å². The molecule has 1 aromatic heterocycles. The van der Waals surface area contributed by atoms with Crippen LogP contribution in [0.5, 0.6) is 11.5 Å². The first-order valence-corrected chi connectivity index (χ1v) is 10.3. The van der Waals surface area contributed by atoms with Gasteiger partial charge in [0, 0.05) is 23.7 Å². The van der Waals surface area contributed by atoms with E-state index in [1.165, 1.54) is 0 Å². The summed E-state index contributed by atoms with van der Waals surface area (Å²) in [5.41, 5.74) is 14.9. The highest BCUT2D eigenvalue weighted by molar-refractivity contribution is 5.94. The number of nitrogen functional groups attached to an aromatic ring is 2. The number of fused-ring (bicyclic) bond motifs is 1. The van der Waals surface area contributed by atoms with E-state index in [2.05, 4.69) is 21.8 Å². The second-order valence-electron chi connectivity index (χ2n) is 7.53. The van der Waals surface area contributed by atoms with Gasteiger partial charge < -0.3 is 26.0 Å². The predicted octanol–water partition coefficient (Wildman–Crippen LogP) is 3.92. The van der Waals surface area contributed by atoms with Crippen molar-refractivity contribution in [1.29, 1.82) is 0 Å². The fraction of sp³-hybridized carbons (Fsp3) is 0.115. The van der Waals surface area contributed by atoms with Crippen LogP contribution in [0, 0.1) is 11.8 Å². The molecule has 0 saturated heterocycles. The summed E-state index contributed by atoms with van der Waals surface area (Å²) in [6.07, 6.45) is 2.06. The van der Waals surface area contributed by atoms with Gasteiger partial charge in [0.1, 0.15) is 5.82 Å². The normalized spacial score (nSPS) is 10.1. The predicted molar refractivity (Wildman–Crippen MR) is 137 cm³/mol. The third-order valence-corrected chi connectivity index (χ3v) is 5.28. The first-order chi connectivity index (χ1) is 16.4. The second kappa shape index (κ2) is 10.6. The summed E-state index contributed by atoms with van der Waals surface area (Å²) in [5, 5.41) is 10.9. The molecule has 0 aliphatic heterocycles. The van der Waals surface area contributed by atoms with Gasteiger partial charge in [-0.25, -0.2) is 9.78 Å². The summed E-state index contributed by atoms with van der Waals surface area (Å²) in [6, 6.07) is 14.4. The summed E-state index contributed by atoms with van der Waals surface area (Å²) in [6.45, 7) is 0. The number of aromatic nitrogens is 2. The molecule has 3 aromatic carbocycles. The molecule has 0 radical (unpaired) electrons. The number of methoxy groups -OCH3 is 2. The van der Waals surface area contributed by atoms with Crippen molar-refractivity contribution in [2.75, 3.05) is 25.7 Å². The first-order valence-electron chi connectivity index (χ1n) is 10.3. The lowest BCUT2D eigenvalue weighted by molar-refractivity contribution is 0.0697. The number of nitrogens with zero attached hydrogens (tertiary/aromatic N) is 2. The van der Waals surface area contributed by atoms with Crippen LogP contribution in [0.25, 0.3) is 10.8 Å². The van der Waals surface area contributed by atoms with E-state index < -0.39 is 5.97 Å². The Kier molecular flexibility index (Phi) is 7.64. The van der Waals surface area contributed by atoms with Gasteiger partial charge >= 0.3 is 5.97 Å². The van der Waals surface area contributed by atoms with E-state index >= 15 is 0 Å². The lowest BCUT2D eigenvalue weighted by Gasteiger charge is -2.13. The van der Waals surface area contributed by atoms with E-state index in [9.17, 15) is 9.90 Å². The van der Waals surface area contributed by atoms with Gasteiger partial charge in [-0.15, -0.1) is 12.4 Å². The average Bonchev–Trinajstić information content (AvgIpc) is 2.83. The smallest absolute Gasteiger partial charge is 0.335 e. The van der Waals surface area contributed by atoms with E-state index in [-0.39, 0.29) is 23.9 Å². The fourth-order valence-electron chi connectivity index (χ4n) is 3.60. The molecule has 0 aliphatic carbocycles. The number of aromatic carboxylic acids is 1. The van der Waals surface area contributed by atoms with Crippen LogP contribution in [0.1, 0.15) is 32.6 Å². The number of nitrogens with two attached hydrogens (primary N) is 2. The topological polar surface area (TPSA) is 134 Å². The molecule has 9 heteroatoms. The molecule has 4 aromatic rings. The van der Waals surface area contributed by atoms with Crippen LogP contribution in [0.2, 0.25) is 0 Å². The Morgan fingerprint density at radius 2 is 1.74 bits per heavy atom. The Bertz CT molecular complexity index is 1480. The quantitative estimate of drug-likeness (QED) is 0.358. The minimum Gasteiger partial charge on any atom is -0.493 e. The average molecular weight is 491 g/mol. The maximum atomic E-state index is 11.2. The molecular formula is C26H23ClN4O4. The number of hydrogen-bond acceptors (Lipinski definition) is 7. The van der Waals surface area contributed by atoms with Gasteiger partial charge in [0.25, 0.3) is 0 Å². The number of rotatable bonds is 5. The summed E-state index contributed by atoms with van der Waals surface area (Å²) in [4.78, 5) is 19.2. The van der Waals surface area contributed by atoms with Crippen LogP contribution < -0.4 is 20.9 Å². The molecule has 0 aliphatic rings. The summed E-state index contributed by atoms with van der Waals surface area (Å²) in [7, 11) is 3.12. The van der Waals surface area contributed by atoms with Crippen molar-refractivity contribution in [3.05, 3.63) is 82.5 Å². The number of carbonyl (C=O) groups is 1. The van der Waals surface area contributed by atoms with Crippen LogP contribution in [0.4, 0.5) is 11.8 Å². The van der Waals surface area contributed by atoms with E-state index in [0.29, 0.717) is 29.3 Å². The standard InChI is InChI=1S/C26H22N4O4.ClH/c1-33-22-12-16(11-21-14-29-26(28)30-24(21)27)10-19(23(22)34-2)6-4-15-3-5-18-13-20(25(31)32)8-7-17(18)9-15;/h3,5,7-10,12-14H,11H2,1-2H3,(H,31,32)(H4,27,28,29,30);1H. The lowest BCUT2D eigenvalue weighted by Crippen LogP contribution is -2.04. The number of halogens is 1. The van der Waals surface area contributed by atoms with Gasteiger partial charge in [-0.2, -0.15) is 4.98 Å². The molecule has 0 bridgehead atoms. The number of hydrogen-bond donors (Lipinski definition) is 3. The number of benzene rings is 3. The minimum absolute atomic E-state index is 0. The molecule has 8 nitrogen and oxygen atoms in total. The zero-order valence-electron chi connectivity index (χ0n) is 19.0. The second-order valence-corrected chi connectivity index (χ2v) is 7.53. The highest BCUT2D eigenvalue weighted by Crippen LogP contribution is 2.33. The third-order valence-electron chi connectivity index (χ3n) is 5.28. The lowest BCUT2D eigenvalue weighted by atomic mass is 10.0. The van der Waals surface area contributed by atoms with Crippen molar-refractivity contribution in [2.45, 2.75) is 6.42 Å². The molecule has 0 fully saturated rings. The van der Waals surface area contributed by atoms with Gasteiger partial charge in [-0.05, 0) is 52.7 Å². The van der Waals surface area contributed by atoms with Gasteiger partial charge in [0.2, 0.25) is 5.95 Å². The number of ether oxygens (including phenoxy) is 2. The molecule has 178 valence electrons. The van der Waals surface area contributed by atoms with Crippen molar-refractivity contribution >= 4 is 40.9 Å². The SMILES string of the molecule is COc1cc(Cc2cnc(N)nc2N)cc(C#Cc2ccc3cc(C(=O)O)ccc3c2)c1OC.Cl. The van der Waals surface area contributed by atoms with E-state index in [4.69, 9.17) is 20.9 Å². The Labute approximate surface area is 208 Å². The van der Waals surface area contributed by atoms with Gasteiger partial charge in [0.15, 0.2) is 11.5 Å². The van der Waals surface area contributed by atoms with Crippen LogP contribution in [0.3, 0.4) is 0 Å². The van der Waals surface area contributed by atoms with Gasteiger partial charge in [-0.3, -0.25) is 0 Å². The Hall–Kier alpha value is -4.48. The molecule has 0 atom stereocenters. The van der Waals surface area contributed by atoms with Gasteiger partial charge in [0.05, 0.1) is 25.3 Å². The molecular weight excluding hydrogens is 468 g/mol. The van der Waals surface area contributed by atoms with Gasteiger partial charge in [-0.1, -0.05) is 24.0 Å². The maximum absolute atomic E-state index is 11.2. The molecule has 0 spiro atoms. The van der Waals surface area contributed by atoms with E-state index in [0.717, 1.165) is 27.5 Å². The molecule has 0 amide bonds. The number of anilines is 2. The van der Waals surface area contributed by atoms with Crippen molar-refractivity contribution in [2.24, 2.45) is 0 Å². The Balaban J connectivity index is 0.00000342. The molecule has 4 rings (SSSR count). The number of carboxylic acids is 1. The fourth-order valence-corrected chi connectivity index (χ4v) is 3.60. The molecule has 5 N–H and O–H groups in total. The zero-order chi connectivity index (χ0) is 24.2. The molecule has 1 heterocycles. The monoisotopic (exact) mass is 490 g/mol. The van der Waals surface area contributed by atoms with Crippen LogP contribution in [-0.2, 0) is 6.42 Å². The summed E-state index contributed by atoms with van der Waals surface area (Å²) < 4.78 is 11.1. The minimum atomic E-state index is -0.959. The van der Waals surface area contributed by atoms with Crippen molar-refractivity contribution < 1.29 is 19.4 Å². The molecule has 0 unspecified atom stereocenters. The summed E-state index contributed by atoms with van der Waals surface area (Å²) >= 11 is 0. The van der Waals surface area contributed by atoms with Crippen LogP contribution in [0.15, 0.2) is 54.7 Å². The highest BCUT2D eigenvalue weighted by atomic mass is 35.5. The summed E-state index contributed by atoms with van der Waals surface area (Å²) in [5.74, 6) is 6.87. The highest BCUT2D eigenvalue weighted by Gasteiger charge is 2.13. The third kappa shape index (κ3) is 5.54. The van der Waals surface area contributed by atoms with E-state index in [1.54, 1.807) is 38.6 Å². The largest absolute Gasteiger partial charge is 0.493 e. The molecule has 0 saturated carbocycles. The molecule has 35 heavy (non-hydrogen) atoms. The van der Waals surface area contributed by atoms with Crippen LogP contribution >= 0.6 is 12.4 Å².